The second-order valence-corrected chi connectivity index (χ2v) is 7.62. The van der Waals surface area contributed by atoms with Crippen LogP contribution in [0.4, 0.5) is 0 Å². The highest BCUT2D eigenvalue weighted by Crippen LogP contribution is 2.42. The Labute approximate surface area is 165 Å². The molecular weight excluding hydrogens is 365 g/mol. The lowest BCUT2D eigenvalue weighted by atomic mass is 9.76. The number of unbranched alkanes of at least 4 members (excludes halogenated alkanes) is 1. The van der Waals surface area contributed by atoms with E-state index in [0.717, 1.165) is 25.7 Å². The predicted molar refractivity (Wildman–Crippen MR) is 111 cm³/mol. The van der Waals surface area contributed by atoms with Crippen LogP contribution in [0.5, 0.6) is 0 Å². The highest BCUT2D eigenvalue weighted by Gasteiger charge is 2.27. The van der Waals surface area contributed by atoms with E-state index in [1.54, 1.807) is 0 Å². The third-order valence-electron chi connectivity index (χ3n) is 5.14. The Morgan fingerprint density at radius 1 is 1.08 bits per heavy atom. The zero-order chi connectivity index (χ0) is 18.5. The van der Waals surface area contributed by atoms with Gasteiger partial charge in [-0.15, -0.1) is 0 Å². The zero-order valence-corrected chi connectivity index (χ0v) is 16.5. The molecule has 2 aromatic rings. The maximum Gasteiger partial charge on any atom is 0.0595 e. The number of rotatable bonds is 6. The molecule has 0 saturated heterocycles. The van der Waals surface area contributed by atoms with Crippen LogP contribution in [-0.4, -0.2) is 18.8 Å². The number of hydrogen-bond acceptors (Lipinski definition) is 2. The summed E-state index contributed by atoms with van der Waals surface area (Å²) in [6.45, 7) is 0.238. The molecular formula is C22H25Cl2NO. The van der Waals surface area contributed by atoms with Gasteiger partial charge in [0.2, 0.25) is 0 Å². The summed E-state index contributed by atoms with van der Waals surface area (Å²) in [7, 11) is 2.03. The fourth-order valence-corrected chi connectivity index (χ4v) is 4.07. The van der Waals surface area contributed by atoms with Crippen LogP contribution in [0, 0.1) is 0 Å². The highest BCUT2D eigenvalue weighted by atomic mass is 35.5. The first-order valence-electron chi connectivity index (χ1n) is 9.17. The summed E-state index contributed by atoms with van der Waals surface area (Å²) >= 11 is 12.3. The molecule has 0 bridgehead atoms. The van der Waals surface area contributed by atoms with Crippen LogP contribution in [0.25, 0.3) is 6.08 Å². The monoisotopic (exact) mass is 389 g/mol. The zero-order valence-electron chi connectivity index (χ0n) is 15.0. The number of aliphatic hydroxyl groups is 1. The van der Waals surface area contributed by atoms with Gasteiger partial charge in [0.25, 0.3) is 0 Å². The van der Waals surface area contributed by atoms with Crippen molar-refractivity contribution in [2.45, 2.75) is 37.6 Å². The van der Waals surface area contributed by atoms with Crippen LogP contribution in [0.2, 0.25) is 10.0 Å². The normalized spacial score (nSPS) is 19.7. The summed E-state index contributed by atoms with van der Waals surface area (Å²) in [5.41, 5.74) is 5.15. The van der Waals surface area contributed by atoms with Crippen LogP contribution in [0.1, 0.15) is 59.9 Å². The van der Waals surface area contributed by atoms with Gasteiger partial charge in [0.05, 0.1) is 10.0 Å². The second-order valence-electron chi connectivity index (χ2n) is 6.80. The maximum absolute atomic E-state index is 8.90. The van der Waals surface area contributed by atoms with Crippen molar-refractivity contribution in [3.8, 4) is 0 Å². The van der Waals surface area contributed by atoms with Crippen molar-refractivity contribution in [3.05, 3.63) is 74.8 Å². The molecule has 2 atom stereocenters. The Hall–Kier alpha value is -1.32. The summed E-state index contributed by atoms with van der Waals surface area (Å²) in [5.74, 6) is 0.344. The van der Waals surface area contributed by atoms with Gasteiger partial charge in [-0.05, 0) is 73.2 Å². The fraction of sp³-hybridized carbons (Fsp3) is 0.364. The van der Waals surface area contributed by atoms with Gasteiger partial charge < -0.3 is 10.4 Å². The van der Waals surface area contributed by atoms with E-state index < -0.39 is 0 Å². The second kappa shape index (κ2) is 9.05. The molecule has 0 radical (unpaired) electrons. The number of halogens is 2. The molecule has 0 amide bonds. The van der Waals surface area contributed by atoms with E-state index >= 15 is 0 Å². The quantitative estimate of drug-likeness (QED) is 0.596. The Balaban J connectivity index is 1.93. The lowest BCUT2D eigenvalue weighted by Crippen LogP contribution is -2.24. The van der Waals surface area contributed by atoms with E-state index in [2.05, 4.69) is 41.7 Å². The lowest BCUT2D eigenvalue weighted by molar-refractivity contribution is 0.290. The van der Waals surface area contributed by atoms with Gasteiger partial charge in [-0.2, -0.15) is 0 Å². The topological polar surface area (TPSA) is 32.3 Å². The van der Waals surface area contributed by atoms with E-state index in [1.165, 1.54) is 22.3 Å². The van der Waals surface area contributed by atoms with Crippen LogP contribution in [0.3, 0.4) is 0 Å². The lowest BCUT2D eigenvalue weighted by Gasteiger charge is -2.32. The minimum atomic E-state index is 0.238. The van der Waals surface area contributed by atoms with E-state index in [0.29, 0.717) is 22.0 Å². The molecule has 1 aliphatic carbocycles. The molecule has 0 saturated carbocycles. The molecule has 2 N–H and O–H groups in total. The van der Waals surface area contributed by atoms with Crippen molar-refractivity contribution in [2.75, 3.05) is 13.7 Å². The molecule has 138 valence electrons. The van der Waals surface area contributed by atoms with Crippen molar-refractivity contribution >= 4 is 29.3 Å². The predicted octanol–water partition coefficient (Wildman–Crippen LogP) is 5.97. The molecule has 1 aliphatic rings. The van der Waals surface area contributed by atoms with Crippen LogP contribution in [-0.2, 0) is 0 Å². The maximum atomic E-state index is 8.90. The van der Waals surface area contributed by atoms with E-state index in [9.17, 15) is 0 Å². The minimum Gasteiger partial charge on any atom is -0.396 e. The largest absolute Gasteiger partial charge is 0.396 e. The molecule has 0 aliphatic heterocycles. The first kappa shape index (κ1) is 19.4. The minimum absolute atomic E-state index is 0.238. The Morgan fingerprint density at radius 3 is 2.65 bits per heavy atom. The average molecular weight is 390 g/mol. The SMILES string of the molecule is CN[C@H]1CC[C@@H](c2ccc(Cl)c(Cl)c2)c2ccc(/C=C\CCCO)cc21. The summed E-state index contributed by atoms with van der Waals surface area (Å²) in [5, 5.41) is 13.6. The number of nitrogens with one attached hydrogen (secondary N) is 1. The van der Waals surface area contributed by atoms with Crippen molar-refractivity contribution in [1.82, 2.24) is 5.32 Å². The molecule has 2 aromatic carbocycles. The Bertz CT molecular complexity index is 788. The average Bonchev–Trinajstić information content (AvgIpc) is 2.66. The summed E-state index contributed by atoms with van der Waals surface area (Å²) in [6.07, 6.45) is 8.15. The standard InChI is InChI=1S/C22H25Cl2NO/c1-25-22-11-9-17(16-7-10-20(23)21(24)14-16)18-8-6-15(13-19(18)22)5-3-2-4-12-26/h3,5-8,10,13-14,17,22,25-26H,2,4,9,11-12H2,1H3/b5-3-/t17-,22-/m0/s1. The van der Waals surface area contributed by atoms with Crippen molar-refractivity contribution in [3.63, 3.8) is 0 Å². The Kier molecular flexibility index (Phi) is 6.77. The van der Waals surface area contributed by atoms with Crippen LogP contribution < -0.4 is 5.32 Å². The van der Waals surface area contributed by atoms with E-state index in [-0.39, 0.29) is 6.61 Å². The number of fused-ring (bicyclic) bond motifs is 1. The first-order chi connectivity index (χ1) is 12.6. The molecule has 3 rings (SSSR count). The summed E-state index contributed by atoms with van der Waals surface area (Å²) in [6, 6.07) is 13.1. The smallest absolute Gasteiger partial charge is 0.0595 e. The fourth-order valence-electron chi connectivity index (χ4n) is 3.76. The molecule has 0 unspecified atom stereocenters. The van der Waals surface area contributed by atoms with Crippen LogP contribution in [0.15, 0.2) is 42.5 Å². The molecule has 4 heteroatoms. The number of hydrogen-bond donors (Lipinski definition) is 2. The number of aliphatic hydroxyl groups excluding tert-OH is 1. The molecule has 0 aromatic heterocycles. The van der Waals surface area contributed by atoms with Gasteiger partial charge in [-0.1, -0.05) is 53.6 Å². The van der Waals surface area contributed by atoms with Crippen molar-refractivity contribution in [1.29, 1.82) is 0 Å². The van der Waals surface area contributed by atoms with Gasteiger partial charge in [0.1, 0.15) is 0 Å². The Morgan fingerprint density at radius 2 is 1.92 bits per heavy atom. The molecule has 0 heterocycles. The van der Waals surface area contributed by atoms with Crippen molar-refractivity contribution in [2.24, 2.45) is 0 Å². The van der Waals surface area contributed by atoms with Gasteiger partial charge in [-0.25, -0.2) is 0 Å². The third kappa shape index (κ3) is 4.32. The number of allylic oxidation sites excluding steroid dienone is 1. The summed E-state index contributed by atoms with van der Waals surface area (Å²) < 4.78 is 0. The van der Waals surface area contributed by atoms with Gasteiger partial charge in [0.15, 0.2) is 0 Å². The molecule has 0 fully saturated rings. The van der Waals surface area contributed by atoms with Crippen molar-refractivity contribution < 1.29 is 5.11 Å². The molecule has 26 heavy (non-hydrogen) atoms. The van der Waals surface area contributed by atoms with Crippen LogP contribution >= 0.6 is 23.2 Å². The third-order valence-corrected chi connectivity index (χ3v) is 5.88. The number of benzene rings is 2. The van der Waals surface area contributed by atoms with E-state index in [4.69, 9.17) is 28.3 Å². The van der Waals surface area contributed by atoms with Gasteiger partial charge >= 0.3 is 0 Å². The van der Waals surface area contributed by atoms with Gasteiger partial charge in [0, 0.05) is 18.6 Å². The van der Waals surface area contributed by atoms with Gasteiger partial charge in [-0.3, -0.25) is 0 Å². The highest BCUT2D eigenvalue weighted by molar-refractivity contribution is 6.42. The summed E-state index contributed by atoms with van der Waals surface area (Å²) in [4.78, 5) is 0. The molecule has 2 nitrogen and oxygen atoms in total. The van der Waals surface area contributed by atoms with E-state index in [1.807, 2.05) is 19.2 Å². The first-order valence-corrected chi connectivity index (χ1v) is 9.93. The molecule has 0 spiro atoms.